The van der Waals surface area contributed by atoms with Gasteiger partial charge >= 0.3 is 0 Å². The van der Waals surface area contributed by atoms with Crippen molar-refractivity contribution in [3.63, 3.8) is 0 Å². The summed E-state index contributed by atoms with van der Waals surface area (Å²) in [6, 6.07) is 13.8. The first kappa shape index (κ1) is 15.6. The first-order valence-corrected chi connectivity index (χ1v) is 7.91. The molecule has 1 N–H and O–H groups in total. The molecule has 1 aliphatic rings. The van der Waals surface area contributed by atoms with Crippen molar-refractivity contribution in [3.8, 4) is 5.75 Å². The summed E-state index contributed by atoms with van der Waals surface area (Å²) in [6.45, 7) is 0. The van der Waals surface area contributed by atoms with Gasteiger partial charge in [-0.1, -0.05) is 22.0 Å². The van der Waals surface area contributed by atoms with Gasteiger partial charge in [-0.25, -0.2) is 4.90 Å². The zero-order valence-electron chi connectivity index (χ0n) is 12.5. The SMILES string of the molecule is COc1cccc(N2C(=O)C[C@H](Nc3ccc(Br)cc3)C2=O)c1. The topological polar surface area (TPSA) is 58.6 Å². The lowest BCUT2D eigenvalue weighted by Gasteiger charge is -2.16. The van der Waals surface area contributed by atoms with E-state index in [1.54, 1.807) is 31.4 Å². The number of carbonyl (C=O) groups is 2. The lowest BCUT2D eigenvalue weighted by Crippen LogP contribution is -2.34. The first-order chi connectivity index (χ1) is 11.1. The Morgan fingerprint density at radius 1 is 1.17 bits per heavy atom. The zero-order chi connectivity index (χ0) is 16.4. The van der Waals surface area contributed by atoms with Gasteiger partial charge in [-0.2, -0.15) is 0 Å². The molecule has 1 saturated heterocycles. The van der Waals surface area contributed by atoms with Crippen LogP contribution in [0.2, 0.25) is 0 Å². The fourth-order valence-electron chi connectivity index (χ4n) is 2.51. The van der Waals surface area contributed by atoms with Crippen molar-refractivity contribution in [2.75, 3.05) is 17.3 Å². The molecule has 1 heterocycles. The Hall–Kier alpha value is -2.34. The molecule has 2 aromatic rings. The van der Waals surface area contributed by atoms with Crippen LogP contribution in [0.15, 0.2) is 53.0 Å². The van der Waals surface area contributed by atoms with Crippen molar-refractivity contribution in [3.05, 3.63) is 53.0 Å². The normalized spacial score (nSPS) is 17.5. The Morgan fingerprint density at radius 2 is 1.91 bits per heavy atom. The van der Waals surface area contributed by atoms with E-state index in [9.17, 15) is 9.59 Å². The van der Waals surface area contributed by atoms with Crippen LogP contribution in [0.5, 0.6) is 5.75 Å². The van der Waals surface area contributed by atoms with E-state index in [4.69, 9.17) is 4.74 Å². The average Bonchev–Trinajstić information content (AvgIpc) is 2.83. The average molecular weight is 375 g/mol. The van der Waals surface area contributed by atoms with Gasteiger partial charge in [0, 0.05) is 16.2 Å². The lowest BCUT2D eigenvalue weighted by atomic mass is 10.2. The molecule has 0 spiro atoms. The molecule has 0 unspecified atom stereocenters. The zero-order valence-corrected chi connectivity index (χ0v) is 14.0. The Kier molecular flexibility index (Phi) is 4.34. The van der Waals surface area contributed by atoms with Gasteiger partial charge in [0.05, 0.1) is 19.2 Å². The number of methoxy groups -OCH3 is 1. The maximum absolute atomic E-state index is 12.6. The van der Waals surface area contributed by atoms with Crippen LogP contribution < -0.4 is 15.0 Å². The molecule has 0 aromatic heterocycles. The standard InChI is InChI=1S/C17H15BrN2O3/c1-23-14-4-2-3-13(9-14)20-16(21)10-15(17(20)22)19-12-7-5-11(18)6-8-12/h2-9,15,19H,10H2,1H3/t15-/m0/s1. The van der Waals surface area contributed by atoms with Crippen LogP contribution in [0.4, 0.5) is 11.4 Å². The number of halogens is 1. The molecule has 118 valence electrons. The van der Waals surface area contributed by atoms with Crippen molar-refractivity contribution in [1.29, 1.82) is 0 Å². The van der Waals surface area contributed by atoms with E-state index in [0.717, 1.165) is 10.2 Å². The van der Waals surface area contributed by atoms with Gasteiger partial charge in [-0.15, -0.1) is 0 Å². The first-order valence-electron chi connectivity index (χ1n) is 7.11. The molecule has 3 rings (SSSR count). The maximum Gasteiger partial charge on any atom is 0.256 e. The van der Waals surface area contributed by atoms with E-state index in [2.05, 4.69) is 21.2 Å². The van der Waals surface area contributed by atoms with Crippen molar-refractivity contribution >= 4 is 39.1 Å². The van der Waals surface area contributed by atoms with E-state index < -0.39 is 6.04 Å². The van der Waals surface area contributed by atoms with Gasteiger partial charge in [0.25, 0.3) is 5.91 Å². The second kappa shape index (κ2) is 6.42. The van der Waals surface area contributed by atoms with E-state index in [1.807, 2.05) is 24.3 Å². The number of anilines is 2. The largest absolute Gasteiger partial charge is 0.497 e. The van der Waals surface area contributed by atoms with Crippen LogP contribution in [0.25, 0.3) is 0 Å². The van der Waals surface area contributed by atoms with Crippen LogP contribution in [0.1, 0.15) is 6.42 Å². The van der Waals surface area contributed by atoms with Gasteiger partial charge in [-0.05, 0) is 36.4 Å². The number of hydrogen-bond donors (Lipinski definition) is 1. The predicted octanol–water partition coefficient (Wildman–Crippen LogP) is 3.20. The molecule has 1 fully saturated rings. The second-order valence-electron chi connectivity index (χ2n) is 5.18. The predicted molar refractivity (Wildman–Crippen MR) is 91.7 cm³/mol. The Balaban J connectivity index is 1.80. The van der Waals surface area contributed by atoms with Crippen molar-refractivity contribution in [1.82, 2.24) is 0 Å². The summed E-state index contributed by atoms with van der Waals surface area (Å²) in [5.74, 6) is 0.122. The number of amides is 2. The van der Waals surface area contributed by atoms with E-state index in [1.165, 1.54) is 4.90 Å². The molecule has 0 saturated carbocycles. The smallest absolute Gasteiger partial charge is 0.256 e. The Morgan fingerprint density at radius 3 is 2.61 bits per heavy atom. The van der Waals surface area contributed by atoms with Gasteiger partial charge in [0.1, 0.15) is 11.8 Å². The second-order valence-corrected chi connectivity index (χ2v) is 6.09. The number of nitrogens with zero attached hydrogens (tertiary/aromatic N) is 1. The van der Waals surface area contributed by atoms with Gasteiger partial charge in [0.2, 0.25) is 5.91 Å². The molecule has 6 heteroatoms. The van der Waals surface area contributed by atoms with Crippen LogP contribution in [0.3, 0.4) is 0 Å². The van der Waals surface area contributed by atoms with Crippen LogP contribution in [-0.4, -0.2) is 25.0 Å². The summed E-state index contributed by atoms with van der Waals surface area (Å²) in [7, 11) is 1.55. The lowest BCUT2D eigenvalue weighted by molar-refractivity contribution is -0.121. The van der Waals surface area contributed by atoms with Gasteiger partial charge in [-0.3, -0.25) is 9.59 Å². The maximum atomic E-state index is 12.6. The van der Waals surface area contributed by atoms with Gasteiger partial charge < -0.3 is 10.1 Å². The summed E-state index contributed by atoms with van der Waals surface area (Å²) in [4.78, 5) is 26.0. The van der Waals surface area contributed by atoms with E-state index in [-0.39, 0.29) is 18.2 Å². The molecule has 0 aliphatic carbocycles. The number of ether oxygens (including phenoxy) is 1. The number of nitrogens with one attached hydrogen (secondary N) is 1. The molecule has 2 aromatic carbocycles. The summed E-state index contributed by atoms with van der Waals surface area (Å²) >= 11 is 3.36. The summed E-state index contributed by atoms with van der Waals surface area (Å²) in [6.07, 6.45) is 0.131. The third kappa shape index (κ3) is 3.22. The molecule has 1 atom stereocenters. The molecule has 5 nitrogen and oxygen atoms in total. The Labute approximate surface area is 142 Å². The number of rotatable bonds is 4. The minimum absolute atomic E-state index is 0.131. The van der Waals surface area contributed by atoms with Crippen molar-refractivity contribution in [2.24, 2.45) is 0 Å². The van der Waals surface area contributed by atoms with Crippen LogP contribution >= 0.6 is 15.9 Å². The van der Waals surface area contributed by atoms with Crippen molar-refractivity contribution < 1.29 is 14.3 Å². The molecule has 23 heavy (non-hydrogen) atoms. The number of carbonyl (C=O) groups excluding carboxylic acids is 2. The highest BCUT2D eigenvalue weighted by molar-refractivity contribution is 9.10. The third-order valence-corrected chi connectivity index (χ3v) is 4.17. The summed E-state index contributed by atoms with van der Waals surface area (Å²) in [5.41, 5.74) is 1.33. The molecule has 0 radical (unpaired) electrons. The monoisotopic (exact) mass is 374 g/mol. The van der Waals surface area contributed by atoms with Gasteiger partial charge in [0.15, 0.2) is 0 Å². The third-order valence-electron chi connectivity index (χ3n) is 3.64. The van der Waals surface area contributed by atoms with E-state index in [0.29, 0.717) is 11.4 Å². The molecular weight excluding hydrogens is 360 g/mol. The highest BCUT2D eigenvalue weighted by atomic mass is 79.9. The van der Waals surface area contributed by atoms with Crippen LogP contribution in [0, 0.1) is 0 Å². The molecule has 1 aliphatic heterocycles. The molecule has 2 amide bonds. The quantitative estimate of drug-likeness (QED) is 0.834. The number of imide groups is 1. The highest BCUT2D eigenvalue weighted by Crippen LogP contribution is 2.28. The fraction of sp³-hybridized carbons (Fsp3) is 0.176. The van der Waals surface area contributed by atoms with Crippen molar-refractivity contribution in [2.45, 2.75) is 12.5 Å². The molecule has 0 bridgehead atoms. The van der Waals surface area contributed by atoms with Crippen LogP contribution in [-0.2, 0) is 9.59 Å². The Bertz CT molecular complexity index is 746. The number of hydrogen-bond acceptors (Lipinski definition) is 4. The van der Waals surface area contributed by atoms with E-state index >= 15 is 0 Å². The summed E-state index contributed by atoms with van der Waals surface area (Å²) in [5, 5.41) is 3.11. The highest BCUT2D eigenvalue weighted by Gasteiger charge is 2.39. The number of benzene rings is 2. The minimum atomic E-state index is -0.560. The summed E-state index contributed by atoms with van der Waals surface area (Å²) < 4.78 is 6.10. The fourth-order valence-corrected chi connectivity index (χ4v) is 2.78. The molecular formula is C17H15BrN2O3. The minimum Gasteiger partial charge on any atom is -0.497 e.